The van der Waals surface area contributed by atoms with E-state index < -0.39 is 6.04 Å². The first-order chi connectivity index (χ1) is 17.9. The van der Waals surface area contributed by atoms with Gasteiger partial charge in [0.25, 0.3) is 0 Å². The molecule has 3 aromatic rings. The highest BCUT2D eigenvalue weighted by Crippen LogP contribution is 2.28. The van der Waals surface area contributed by atoms with Crippen LogP contribution in [0.2, 0.25) is 10.0 Å². The van der Waals surface area contributed by atoms with Crippen LogP contribution in [-0.4, -0.2) is 28.8 Å². The van der Waals surface area contributed by atoms with Crippen LogP contribution < -0.4 is 5.32 Å². The van der Waals surface area contributed by atoms with Crippen LogP contribution in [0.15, 0.2) is 72.8 Å². The lowest BCUT2D eigenvalue weighted by molar-refractivity contribution is -0.141. The summed E-state index contributed by atoms with van der Waals surface area (Å²) in [5.74, 6) is -0.262. The molecule has 1 N–H and O–H groups in total. The van der Waals surface area contributed by atoms with E-state index >= 15 is 0 Å². The van der Waals surface area contributed by atoms with Crippen LogP contribution in [0, 0.1) is 6.92 Å². The summed E-state index contributed by atoms with van der Waals surface area (Å²) < 4.78 is 0. The molecule has 1 fully saturated rings. The van der Waals surface area contributed by atoms with Gasteiger partial charge in [0.1, 0.15) is 6.04 Å². The number of hydrogen-bond acceptors (Lipinski definition) is 2. The van der Waals surface area contributed by atoms with Gasteiger partial charge in [0, 0.05) is 34.6 Å². The van der Waals surface area contributed by atoms with Crippen molar-refractivity contribution in [3.05, 3.63) is 105 Å². The summed E-state index contributed by atoms with van der Waals surface area (Å²) in [6.45, 7) is 2.15. The van der Waals surface area contributed by atoms with Crippen molar-refractivity contribution in [3.8, 4) is 0 Å². The summed E-state index contributed by atoms with van der Waals surface area (Å²) in [6, 6.07) is 22.4. The zero-order valence-electron chi connectivity index (χ0n) is 21.3. The Morgan fingerprint density at radius 3 is 2.22 bits per heavy atom. The Balaban J connectivity index is 1.70. The fourth-order valence-corrected chi connectivity index (χ4v) is 5.54. The molecule has 1 unspecified atom stereocenters. The van der Waals surface area contributed by atoms with E-state index in [1.54, 1.807) is 23.1 Å². The summed E-state index contributed by atoms with van der Waals surface area (Å²) in [7, 11) is 0. The summed E-state index contributed by atoms with van der Waals surface area (Å²) in [6.07, 6.45) is 5.96. The van der Waals surface area contributed by atoms with E-state index in [1.165, 1.54) is 6.42 Å². The van der Waals surface area contributed by atoms with E-state index in [0.29, 0.717) is 22.0 Å². The zero-order chi connectivity index (χ0) is 26.2. The number of hydrogen-bond donors (Lipinski definition) is 1. The molecule has 0 radical (unpaired) electrons. The Morgan fingerprint density at radius 2 is 1.54 bits per heavy atom. The van der Waals surface area contributed by atoms with Gasteiger partial charge in [-0.05, 0) is 48.6 Å². The van der Waals surface area contributed by atoms with E-state index in [9.17, 15) is 9.59 Å². The van der Waals surface area contributed by atoms with E-state index in [2.05, 4.69) is 5.32 Å². The van der Waals surface area contributed by atoms with Gasteiger partial charge in [-0.2, -0.15) is 0 Å². The molecule has 1 saturated carbocycles. The van der Waals surface area contributed by atoms with Crippen molar-refractivity contribution >= 4 is 35.0 Å². The molecule has 0 heterocycles. The van der Waals surface area contributed by atoms with E-state index in [-0.39, 0.29) is 30.8 Å². The minimum absolute atomic E-state index is 0.128. The van der Waals surface area contributed by atoms with Gasteiger partial charge in [-0.3, -0.25) is 9.59 Å². The molecule has 37 heavy (non-hydrogen) atoms. The first-order valence-electron chi connectivity index (χ1n) is 13.0. The summed E-state index contributed by atoms with van der Waals surface area (Å²) in [5.41, 5.74) is 3.62. The number of aryl methyl sites for hydroxylation is 1. The van der Waals surface area contributed by atoms with Crippen LogP contribution in [-0.2, 0) is 29.0 Å². The topological polar surface area (TPSA) is 49.4 Å². The van der Waals surface area contributed by atoms with E-state index in [0.717, 1.165) is 42.4 Å². The lowest BCUT2D eigenvalue weighted by Gasteiger charge is -2.34. The second-order valence-corrected chi connectivity index (χ2v) is 10.7. The van der Waals surface area contributed by atoms with E-state index in [1.807, 2.05) is 61.5 Å². The summed E-state index contributed by atoms with van der Waals surface area (Å²) in [5, 5.41) is 4.22. The van der Waals surface area contributed by atoms with Gasteiger partial charge in [0.05, 0.1) is 6.42 Å². The van der Waals surface area contributed by atoms with Gasteiger partial charge in [-0.15, -0.1) is 0 Å². The van der Waals surface area contributed by atoms with Gasteiger partial charge < -0.3 is 10.2 Å². The van der Waals surface area contributed by atoms with Gasteiger partial charge >= 0.3 is 0 Å². The van der Waals surface area contributed by atoms with Crippen LogP contribution in [0.25, 0.3) is 0 Å². The van der Waals surface area contributed by atoms with Gasteiger partial charge in [-0.1, -0.05) is 103 Å². The molecule has 6 heteroatoms. The second-order valence-electron chi connectivity index (χ2n) is 9.87. The molecule has 1 atom stereocenters. The maximum Gasteiger partial charge on any atom is 0.243 e. The highest BCUT2D eigenvalue weighted by molar-refractivity contribution is 6.36. The fraction of sp³-hybridized carbons (Fsp3) is 0.355. The molecule has 0 aliphatic heterocycles. The molecule has 194 valence electrons. The molecule has 4 rings (SSSR count). The van der Waals surface area contributed by atoms with Gasteiger partial charge in [0.2, 0.25) is 11.8 Å². The molecule has 2 amide bonds. The number of carbonyl (C=O) groups excluding carboxylic acids is 2. The standard InChI is InChI=1S/C31H34Cl2N2O2/c1-22-11-8-9-14-24(22)20-30(36)35(21-26-27(32)17-10-18-28(26)33)29(19-23-12-4-2-5-13-23)31(37)34-25-15-6-3-7-16-25/h2,4-5,8-14,17-18,25,29H,3,6-7,15-16,19-21H2,1H3,(H,34,37). The Morgan fingerprint density at radius 1 is 0.892 bits per heavy atom. The maximum absolute atomic E-state index is 14.0. The van der Waals surface area contributed by atoms with Crippen molar-refractivity contribution in [2.24, 2.45) is 0 Å². The Hall–Kier alpha value is -2.82. The fourth-order valence-electron chi connectivity index (χ4n) is 5.02. The molecule has 4 nitrogen and oxygen atoms in total. The average molecular weight is 538 g/mol. The molecular weight excluding hydrogens is 503 g/mol. The van der Waals surface area contributed by atoms with Crippen molar-refractivity contribution in [3.63, 3.8) is 0 Å². The largest absolute Gasteiger partial charge is 0.352 e. The monoisotopic (exact) mass is 536 g/mol. The van der Waals surface area contributed by atoms with Crippen molar-refractivity contribution in [2.45, 2.75) is 70.5 Å². The quantitative estimate of drug-likeness (QED) is 0.322. The molecule has 0 spiro atoms. The predicted molar refractivity (Wildman–Crippen MR) is 151 cm³/mol. The minimum Gasteiger partial charge on any atom is -0.352 e. The lowest BCUT2D eigenvalue weighted by Crippen LogP contribution is -2.53. The van der Waals surface area contributed by atoms with Crippen molar-refractivity contribution in [2.75, 3.05) is 0 Å². The van der Waals surface area contributed by atoms with Crippen LogP contribution >= 0.6 is 23.2 Å². The molecule has 1 aliphatic rings. The number of carbonyl (C=O) groups is 2. The smallest absolute Gasteiger partial charge is 0.243 e. The second kappa shape index (κ2) is 13.1. The number of rotatable bonds is 9. The predicted octanol–water partition coefficient (Wildman–Crippen LogP) is 6.93. The third-order valence-corrected chi connectivity index (χ3v) is 7.92. The zero-order valence-corrected chi connectivity index (χ0v) is 22.8. The highest BCUT2D eigenvalue weighted by Gasteiger charge is 2.32. The SMILES string of the molecule is Cc1ccccc1CC(=O)N(Cc1c(Cl)cccc1Cl)C(Cc1ccccc1)C(=O)NC1CCCCC1. The third-order valence-electron chi connectivity index (χ3n) is 7.22. The number of benzene rings is 3. The first kappa shape index (κ1) is 27.2. The third kappa shape index (κ3) is 7.37. The number of nitrogens with zero attached hydrogens (tertiary/aromatic N) is 1. The van der Waals surface area contributed by atoms with Crippen molar-refractivity contribution in [1.82, 2.24) is 10.2 Å². The molecule has 0 aromatic heterocycles. The Bertz CT molecular complexity index is 1190. The van der Waals surface area contributed by atoms with Crippen LogP contribution in [0.4, 0.5) is 0 Å². The molecule has 0 saturated heterocycles. The van der Waals surface area contributed by atoms with Gasteiger partial charge in [-0.25, -0.2) is 0 Å². The first-order valence-corrected chi connectivity index (χ1v) is 13.8. The van der Waals surface area contributed by atoms with Crippen molar-refractivity contribution in [1.29, 1.82) is 0 Å². The average Bonchev–Trinajstić information content (AvgIpc) is 2.90. The van der Waals surface area contributed by atoms with Crippen LogP contribution in [0.1, 0.15) is 54.4 Å². The number of halogens is 2. The van der Waals surface area contributed by atoms with Crippen LogP contribution in [0.3, 0.4) is 0 Å². The summed E-state index contributed by atoms with van der Waals surface area (Å²) in [4.78, 5) is 29.5. The minimum atomic E-state index is -0.701. The maximum atomic E-state index is 14.0. The Labute approximate surface area is 230 Å². The summed E-state index contributed by atoms with van der Waals surface area (Å²) >= 11 is 13.1. The normalized spacial score (nSPS) is 14.7. The van der Waals surface area contributed by atoms with Crippen molar-refractivity contribution < 1.29 is 9.59 Å². The number of nitrogens with one attached hydrogen (secondary N) is 1. The highest BCUT2D eigenvalue weighted by atomic mass is 35.5. The lowest BCUT2D eigenvalue weighted by atomic mass is 9.94. The molecular formula is C31H34Cl2N2O2. The van der Waals surface area contributed by atoms with Gasteiger partial charge in [0.15, 0.2) is 0 Å². The molecule has 0 bridgehead atoms. The molecule has 3 aromatic carbocycles. The number of amides is 2. The van der Waals surface area contributed by atoms with Crippen LogP contribution in [0.5, 0.6) is 0 Å². The van der Waals surface area contributed by atoms with E-state index in [4.69, 9.17) is 23.2 Å². The Kier molecular flexibility index (Phi) is 9.65. The molecule has 1 aliphatic carbocycles.